The first-order valence-electron chi connectivity index (χ1n) is 6.82. The molecule has 1 aromatic carbocycles. The summed E-state index contributed by atoms with van der Waals surface area (Å²) in [6.45, 7) is -0.403. The van der Waals surface area contributed by atoms with Crippen molar-refractivity contribution in [3.05, 3.63) is 59.4 Å². The van der Waals surface area contributed by atoms with Crippen LogP contribution in [-0.2, 0) is 14.8 Å². The van der Waals surface area contributed by atoms with Crippen LogP contribution >= 0.6 is 11.6 Å². The second-order valence-electron chi connectivity index (χ2n) is 4.79. The normalized spacial score (nSPS) is 11.4. The number of aromatic nitrogens is 1. The summed E-state index contributed by atoms with van der Waals surface area (Å²) in [7, 11) is -3.64. The van der Waals surface area contributed by atoms with Crippen molar-refractivity contribution < 1.29 is 13.2 Å². The maximum atomic E-state index is 12.0. The largest absolute Gasteiger partial charge is 0.271 e. The van der Waals surface area contributed by atoms with Gasteiger partial charge in [0.1, 0.15) is 6.54 Å². The van der Waals surface area contributed by atoms with Crippen LogP contribution in [0.4, 0.5) is 5.69 Å². The van der Waals surface area contributed by atoms with Gasteiger partial charge in [-0.2, -0.15) is 5.10 Å². The van der Waals surface area contributed by atoms with Gasteiger partial charge in [0.15, 0.2) is 0 Å². The van der Waals surface area contributed by atoms with Gasteiger partial charge in [0, 0.05) is 11.2 Å². The number of amides is 1. The number of benzene rings is 1. The third-order valence-electron chi connectivity index (χ3n) is 2.88. The van der Waals surface area contributed by atoms with Crippen LogP contribution < -0.4 is 9.73 Å². The molecule has 0 saturated carbocycles. The third-order valence-corrected chi connectivity index (χ3v) is 4.27. The number of carbonyl (C=O) groups is 1. The van der Waals surface area contributed by atoms with Crippen LogP contribution in [0.15, 0.2) is 53.8 Å². The highest BCUT2D eigenvalue weighted by atomic mass is 35.5. The number of rotatable bonds is 6. The highest BCUT2D eigenvalue weighted by Gasteiger charge is 2.20. The van der Waals surface area contributed by atoms with Gasteiger partial charge in [0.25, 0.3) is 5.91 Å². The average Bonchev–Trinajstić information content (AvgIpc) is 2.54. The van der Waals surface area contributed by atoms with Gasteiger partial charge in [-0.3, -0.25) is 14.1 Å². The standard InChI is InChI=1S/C15H15ClN4O3S/c1-24(22,23)20(14-7-5-12(16)6-8-14)11-15(21)19-18-10-13-4-2-3-9-17-13/h2-10H,11H2,1H3,(H,19,21)/b18-10-. The van der Waals surface area contributed by atoms with Crippen molar-refractivity contribution in [2.75, 3.05) is 17.1 Å². The summed E-state index contributed by atoms with van der Waals surface area (Å²) >= 11 is 5.79. The molecular formula is C15H15ClN4O3S. The van der Waals surface area contributed by atoms with E-state index in [1.807, 2.05) is 0 Å². The molecule has 7 nitrogen and oxygen atoms in total. The van der Waals surface area contributed by atoms with Crippen molar-refractivity contribution >= 4 is 39.4 Å². The molecule has 126 valence electrons. The zero-order valence-electron chi connectivity index (χ0n) is 12.8. The minimum atomic E-state index is -3.64. The Balaban J connectivity index is 2.05. The minimum Gasteiger partial charge on any atom is -0.271 e. The van der Waals surface area contributed by atoms with Crippen molar-refractivity contribution in [1.29, 1.82) is 0 Å². The molecule has 0 radical (unpaired) electrons. The number of hydrogen-bond donors (Lipinski definition) is 1. The molecular weight excluding hydrogens is 352 g/mol. The van der Waals surface area contributed by atoms with Gasteiger partial charge < -0.3 is 0 Å². The van der Waals surface area contributed by atoms with Gasteiger partial charge in [0.05, 0.1) is 23.9 Å². The number of anilines is 1. The van der Waals surface area contributed by atoms with Gasteiger partial charge >= 0.3 is 0 Å². The Hall–Kier alpha value is -2.45. The van der Waals surface area contributed by atoms with Crippen LogP contribution in [0, 0.1) is 0 Å². The van der Waals surface area contributed by atoms with Crippen molar-refractivity contribution in [2.45, 2.75) is 0 Å². The summed E-state index contributed by atoms with van der Waals surface area (Å²) < 4.78 is 24.8. The molecule has 1 N–H and O–H groups in total. The van der Waals surface area contributed by atoms with Crippen LogP contribution in [0.3, 0.4) is 0 Å². The fraction of sp³-hybridized carbons (Fsp3) is 0.133. The molecule has 2 rings (SSSR count). The molecule has 0 atom stereocenters. The molecule has 0 aliphatic heterocycles. The smallest absolute Gasteiger partial charge is 0.260 e. The molecule has 0 saturated heterocycles. The van der Waals surface area contributed by atoms with Gasteiger partial charge in [-0.05, 0) is 36.4 Å². The van der Waals surface area contributed by atoms with E-state index < -0.39 is 22.5 Å². The summed E-state index contributed by atoms with van der Waals surface area (Å²) in [4.78, 5) is 16.0. The van der Waals surface area contributed by atoms with Crippen LogP contribution in [0.1, 0.15) is 5.69 Å². The Morgan fingerprint density at radius 3 is 2.58 bits per heavy atom. The van der Waals surface area contributed by atoms with Crippen LogP contribution in [0.25, 0.3) is 0 Å². The van der Waals surface area contributed by atoms with E-state index in [-0.39, 0.29) is 0 Å². The number of halogens is 1. The van der Waals surface area contributed by atoms with Crippen molar-refractivity contribution in [3.63, 3.8) is 0 Å². The van der Waals surface area contributed by atoms with Crippen molar-refractivity contribution in [2.24, 2.45) is 5.10 Å². The van der Waals surface area contributed by atoms with Crippen molar-refractivity contribution in [3.8, 4) is 0 Å². The van der Waals surface area contributed by atoms with Crippen LogP contribution in [0.2, 0.25) is 5.02 Å². The fourth-order valence-electron chi connectivity index (χ4n) is 1.80. The summed E-state index contributed by atoms with van der Waals surface area (Å²) in [5.41, 5.74) is 3.18. The summed E-state index contributed by atoms with van der Waals surface area (Å²) in [5, 5.41) is 4.22. The van der Waals surface area contributed by atoms with E-state index in [1.54, 1.807) is 36.5 Å². The molecule has 1 amide bonds. The van der Waals surface area contributed by atoms with Gasteiger partial charge in [-0.25, -0.2) is 13.8 Å². The minimum absolute atomic E-state index is 0.339. The number of nitrogens with zero attached hydrogens (tertiary/aromatic N) is 3. The first kappa shape index (κ1) is 17.9. The number of pyridine rings is 1. The Morgan fingerprint density at radius 2 is 2.00 bits per heavy atom. The van der Waals surface area contributed by atoms with E-state index in [4.69, 9.17) is 11.6 Å². The summed E-state index contributed by atoms with van der Waals surface area (Å²) in [6.07, 6.45) is 3.98. The van der Waals surface area contributed by atoms with E-state index in [0.29, 0.717) is 16.4 Å². The number of hydrogen-bond acceptors (Lipinski definition) is 5. The Bertz CT molecular complexity index is 824. The lowest BCUT2D eigenvalue weighted by Gasteiger charge is -2.21. The molecule has 2 aromatic rings. The van der Waals surface area contributed by atoms with Gasteiger partial charge in [-0.1, -0.05) is 17.7 Å². The molecule has 0 spiro atoms. The second-order valence-corrected chi connectivity index (χ2v) is 7.14. The summed E-state index contributed by atoms with van der Waals surface area (Å²) in [6, 6.07) is 11.4. The Labute approximate surface area is 145 Å². The van der Waals surface area contributed by atoms with E-state index >= 15 is 0 Å². The molecule has 1 aromatic heterocycles. The quantitative estimate of drug-likeness (QED) is 0.621. The Kier molecular flexibility index (Phi) is 5.88. The highest BCUT2D eigenvalue weighted by molar-refractivity contribution is 7.92. The Morgan fingerprint density at radius 1 is 1.29 bits per heavy atom. The molecule has 0 unspecified atom stereocenters. The van der Waals surface area contributed by atoms with Gasteiger partial charge in [-0.15, -0.1) is 0 Å². The molecule has 0 aliphatic carbocycles. The SMILES string of the molecule is CS(=O)(=O)N(CC(=O)N/N=C\c1ccccn1)c1ccc(Cl)cc1. The predicted molar refractivity (Wildman–Crippen MR) is 93.6 cm³/mol. The number of nitrogens with one attached hydrogen (secondary N) is 1. The molecule has 1 heterocycles. The maximum Gasteiger partial charge on any atom is 0.260 e. The molecule has 0 aliphatic rings. The molecule has 0 bridgehead atoms. The average molecular weight is 367 g/mol. The fourth-order valence-corrected chi connectivity index (χ4v) is 2.78. The van der Waals surface area contributed by atoms with Crippen LogP contribution in [-0.4, -0.2) is 38.3 Å². The lowest BCUT2D eigenvalue weighted by molar-refractivity contribution is -0.119. The molecule has 24 heavy (non-hydrogen) atoms. The number of carbonyl (C=O) groups excluding carboxylic acids is 1. The first-order valence-corrected chi connectivity index (χ1v) is 9.05. The summed E-state index contributed by atoms with van der Waals surface area (Å²) in [5.74, 6) is -0.581. The first-order chi connectivity index (χ1) is 11.4. The second kappa shape index (κ2) is 7.89. The number of sulfonamides is 1. The van der Waals surface area contributed by atoms with E-state index in [1.165, 1.54) is 18.3 Å². The monoisotopic (exact) mass is 366 g/mol. The molecule has 9 heteroatoms. The maximum absolute atomic E-state index is 12.0. The highest BCUT2D eigenvalue weighted by Crippen LogP contribution is 2.20. The lowest BCUT2D eigenvalue weighted by atomic mass is 10.3. The number of hydrazone groups is 1. The zero-order chi connectivity index (χ0) is 17.6. The van der Waals surface area contributed by atoms with E-state index in [2.05, 4.69) is 15.5 Å². The van der Waals surface area contributed by atoms with Gasteiger partial charge in [0.2, 0.25) is 10.0 Å². The predicted octanol–water partition coefficient (Wildman–Crippen LogP) is 1.65. The zero-order valence-corrected chi connectivity index (χ0v) is 14.3. The molecule has 0 fully saturated rings. The van der Waals surface area contributed by atoms with E-state index in [0.717, 1.165) is 10.6 Å². The lowest BCUT2D eigenvalue weighted by Crippen LogP contribution is -2.39. The third kappa shape index (κ3) is 5.32. The topological polar surface area (TPSA) is 91.7 Å². The van der Waals surface area contributed by atoms with E-state index in [9.17, 15) is 13.2 Å². The van der Waals surface area contributed by atoms with Crippen LogP contribution in [0.5, 0.6) is 0 Å². The van der Waals surface area contributed by atoms with Crippen molar-refractivity contribution in [1.82, 2.24) is 10.4 Å².